The van der Waals surface area contributed by atoms with E-state index in [1.54, 1.807) is 10.9 Å². The van der Waals surface area contributed by atoms with Crippen LogP contribution in [0.15, 0.2) is 42.7 Å². The third-order valence-corrected chi connectivity index (χ3v) is 3.88. The number of hydrogen-bond donors (Lipinski definition) is 0. The topological polar surface area (TPSA) is 44.1 Å². The maximum Gasteiger partial charge on any atom is 0.166 e. The highest BCUT2D eigenvalue weighted by Gasteiger charge is 2.16. The van der Waals surface area contributed by atoms with Crippen LogP contribution in [0.5, 0.6) is 0 Å². The van der Waals surface area contributed by atoms with E-state index in [9.17, 15) is 4.79 Å². The zero-order valence-electron chi connectivity index (χ0n) is 12.1. The van der Waals surface area contributed by atoms with Crippen molar-refractivity contribution in [1.29, 1.82) is 0 Å². The van der Waals surface area contributed by atoms with E-state index < -0.39 is 0 Å². The fraction of sp³-hybridized carbons (Fsp3) is 0.412. The first kappa shape index (κ1) is 14.0. The summed E-state index contributed by atoms with van der Waals surface area (Å²) in [6, 6.07) is 9.82. The number of aromatic nitrogens is 2. The summed E-state index contributed by atoms with van der Waals surface area (Å²) in [5.41, 5.74) is 1.65. The van der Waals surface area contributed by atoms with Crippen LogP contribution in [-0.2, 0) is 4.74 Å². The Hall–Kier alpha value is -1.94. The molecule has 0 spiro atoms. The van der Waals surface area contributed by atoms with Gasteiger partial charge in [-0.1, -0.05) is 18.2 Å². The molecule has 1 aliphatic heterocycles. The molecule has 0 bridgehead atoms. The van der Waals surface area contributed by atoms with Crippen molar-refractivity contribution in [3.8, 4) is 5.69 Å². The van der Waals surface area contributed by atoms with E-state index >= 15 is 0 Å². The predicted octanol–water partition coefficient (Wildman–Crippen LogP) is 3.40. The van der Waals surface area contributed by atoms with E-state index in [4.69, 9.17) is 4.74 Å². The van der Waals surface area contributed by atoms with Crippen molar-refractivity contribution < 1.29 is 9.53 Å². The summed E-state index contributed by atoms with van der Waals surface area (Å²) in [4.78, 5) is 12.2. The quantitative estimate of drug-likeness (QED) is 0.764. The highest BCUT2D eigenvalue weighted by Crippen LogP contribution is 2.18. The maximum absolute atomic E-state index is 12.2. The predicted molar refractivity (Wildman–Crippen MR) is 80.7 cm³/mol. The molecule has 0 radical (unpaired) electrons. The normalized spacial score (nSPS) is 18.0. The Bertz CT molecular complexity index is 586. The van der Waals surface area contributed by atoms with Crippen molar-refractivity contribution >= 4 is 5.78 Å². The second kappa shape index (κ2) is 6.68. The summed E-state index contributed by atoms with van der Waals surface area (Å²) in [5, 5.41) is 4.26. The van der Waals surface area contributed by atoms with Crippen LogP contribution in [0.4, 0.5) is 0 Å². The smallest absolute Gasteiger partial charge is 0.166 e. The van der Waals surface area contributed by atoms with Gasteiger partial charge in [0.1, 0.15) is 0 Å². The minimum absolute atomic E-state index is 0.162. The first-order valence-electron chi connectivity index (χ1n) is 7.58. The molecule has 110 valence electrons. The van der Waals surface area contributed by atoms with Crippen LogP contribution in [0.25, 0.3) is 5.69 Å². The van der Waals surface area contributed by atoms with Crippen LogP contribution in [-0.4, -0.2) is 28.3 Å². The molecule has 0 saturated carbocycles. The van der Waals surface area contributed by atoms with Crippen LogP contribution in [0, 0.1) is 0 Å². The van der Waals surface area contributed by atoms with Crippen LogP contribution in [0.3, 0.4) is 0 Å². The molecule has 0 aliphatic carbocycles. The molecule has 3 rings (SSSR count). The fourth-order valence-corrected chi connectivity index (χ4v) is 2.70. The molecule has 1 atom stereocenters. The first-order valence-corrected chi connectivity index (χ1v) is 7.58. The Morgan fingerprint density at radius 1 is 1.33 bits per heavy atom. The number of carbonyl (C=O) groups is 1. The van der Waals surface area contributed by atoms with Gasteiger partial charge in [-0.25, -0.2) is 4.68 Å². The van der Waals surface area contributed by atoms with Crippen molar-refractivity contribution in [2.45, 2.75) is 38.2 Å². The molecule has 4 heteroatoms. The standard InChI is InChI=1S/C17H20N2O2/c20-17(10-4-8-16-9-5-11-21-16)14-12-18-19(13-14)15-6-2-1-3-7-15/h1-3,6-7,12-13,16H,4-5,8-11H2. The summed E-state index contributed by atoms with van der Waals surface area (Å²) < 4.78 is 7.32. The second-order valence-corrected chi connectivity index (χ2v) is 5.46. The van der Waals surface area contributed by atoms with Crippen LogP contribution < -0.4 is 0 Å². The van der Waals surface area contributed by atoms with Gasteiger partial charge in [0, 0.05) is 19.2 Å². The molecule has 0 N–H and O–H groups in total. The number of carbonyl (C=O) groups excluding carboxylic acids is 1. The average Bonchev–Trinajstić information content (AvgIpc) is 3.20. The molecule has 4 nitrogen and oxygen atoms in total. The first-order chi connectivity index (χ1) is 10.3. The van der Waals surface area contributed by atoms with Gasteiger partial charge in [-0.15, -0.1) is 0 Å². The van der Waals surface area contributed by atoms with Gasteiger partial charge in [0.25, 0.3) is 0 Å². The third-order valence-electron chi connectivity index (χ3n) is 3.88. The lowest BCUT2D eigenvalue weighted by atomic mass is 10.1. The van der Waals surface area contributed by atoms with Gasteiger partial charge in [-0.05, 0) is 37.8 Å². The summed E-state index contributed by atoms with van der Waals surface area (Å²) >= 11 is 0. The molecule has 1 saturated heterocycles. The van der Waals surface area contributed by atoms with Gasteiger partial charge in [0.2, 0.25) is 0 Å². The fourth-order valence-electron chi connectivity index (χ4n) is 2.70. The molecular weight excluding hydrogens is 264 g/mol. The van der Waals surface area contributed by atoms with Gasteiger partial charge >= 0.3 is 0 Å². The van der Waals surface area contributed by atoms with Crippen molar-refractivity contribution in [2.24, 2.45) is 0 Å². The van der Waals surface area contributed by atoms with Gasteiger partial charge in [0.05, 0.1) is 23.6 Å². The van der Waals surface area contributed by atoms with E-state index in [1.165, 1.54) is 0 Å². The molecule has 2 heterocycles. The van der Waals surface area contributed by atoms with E-state index in [-0.39, 0.29) is 5.78 Å². The van der Waals surface area contributed by atoms with Crippen molar-refractivity contribution in [3.05, 3.63) is 48.3 Å². The van der Waals surface area contributed by atoms with Gasteiger partial charge in [-0.2, -0.15) is 5.10 Å². The van der Waals surface area contributed by atoms with Crippen LogP contribution >= 0.6 is 0 Å². The molecule has 2 aromatic rings. The summed E-state index contributed by atoms with van der Waals surface area (Å²) in [7, 11) is 0. The molecular formula is C17H20N2O2. The Kier molecular flexibility index (Phi) is 4.46. The lowest BCUT2D eigenvalue weighted by Crippen LogP contribution is -2.06. The van der Waals surface area contributed by atoms with Crippen molar-refractivity contribution in [2.75, 3.05) is 6.61 Å². The van der Waals surface area contributed by atoms with E-state index in [0.29, 0.717) is 18.1 Å². The maximum atomic E-state index is 12.2. The molecule has 21 heavy (non-hydrogen) atoms. The number of benzene rings is 1. The lowest BCUT2D eigenvalue weighted by Gasteiger charge is -2.07. The Morgan fingerprint density at radius 2 is 2.19 bits per heavy atom. The molecule has 1 aromatic carbocycles. The molecule has 1 aliphatic rings. The Labute approximate surface area is 124 Å². The number of hydrogen-bond acceptors (Lipinski definition) is 3. The number of rotatable bonds is 6. The monoisotopic (exact) mass is 284 g/mol. The number of ether oxygens (including phenoxy) is 1. The van der Waals surface area contributed by atoms with Crippen LogP contribution in [0.1, 0.15) is 42.5 Å². The largest absolute Gasteiger partial charge is 0.378 e. The zero-order valence-corrected chi connectivity index (χ0v) is 12.1. The number of Topliss-reactive ketones (excluding diaryl/α,β-unsaturated/α-hetero) is 1. The van der Waals surface area contributed by atoms with E-state index in [2.05, 4.69) is 5.10 Å². The van der Waals surface area contributed by atoms with E-state index in [1.807, 2.05) is 36.5 Å². The van der Waals surface area contributed by atoms with Crippen molar-refractivity contribution in [1.82, 2.24) is 9.78 Å². The number of para-hydroxylation sites is 1. The minimum atomic E-state index is 0.162. The number of ketones is 1. The summed E-state index contributed by atoms with van der Waals surface area (Å²) in [6.07, 6.45) is 8.57. The van der Waals surface area contributed by atoms with Gasteiger partial charge < -0.3 is 4.74 Å². The zero-order chi connectivity index (χ0) is 14.5. The van der Waals surface area contributed by atoms with Crippen LogP contribution in [0.2, 0.25) is 0 Å². The lowest BCUT2D eigenvalue weighted by molar-refractivity contribution is 0.0923. The number of nitrogens with zero attached hydrogens (tertiary/aromatic N) is 2. The van der Waals surface area contributed by atoms with Gasteiger partial charge in [-0.3, -0.25) is 4.79 Å². The second-order valence-electron chi connectivity index (χ2n) is 5.46. The Balaban J connectivity index is 1.54. The molecule has 0 amide bonds. The van der Waals surface area contributed by atoms with Gasteiger partial charge in [0.15, 0.2) is 5.78 Å². The summed E-state index contributed by atoms with van der Waals surface area (Å²) in [6.45, 7) is 0.877. The van der Waals surface area contributed by atoms with Crippen molar-refractivity contribution in [3.63, 3.8) is 0 Å². The minimum Gasteiger partial charge on any atom is -0.378 e. The highest BCUT2D eigenvalue weighted by molar-refractivity contribution is 5.95. The third kappa shape index (κ3) is 3.58. The van der Waals surface area contributed by atoms with E-state index in [0.717, 1.165) is 38.0 Å². The Morgan fingerprint density at radius 3 is 2.95 bits per heavy atom. The molecule has 1 unspecified atom stereocenters. The SMILES string of the molecule is O=C(CCCC1CCCO1)c1cnn(-c2ccccc2)c1. The summed E-state index contributed by atoms with van der Waals surface area (Å²) in [5.74, 6) is 0.162. The average molecular weight is 284 g/mol. The molecule has 1 fully saturated rings. The molecule has 1 aromatic heterocycles. The highest BCUT2D eigenvalue weighted by atomic mass is 16.5.